The van der Waals surface area contributed by atoms with Gasteiger partial charge in [0.2, 0.25) is 0 Å². The summed E-state index contributed by atoms with van der Waals surface area (Å²) in [5.74, 6) is -0.236. The number of hydrogen-bond acceptors (Lipinski definition) is 3. The van der Waals surface area contributed by atoms with E-state index < -0.39 is 0 Å². The van der Waals surface area contributed by atoms with Crippen molar-refractivity contribution in [1.29, 1.82) is 0 Å². The molecular formula is C27H20FN5. The number of H-pyrrole nitrogens is 2. The van der Waals surface area contributed by atoms with E-state index in [1.165, 1.54) is 6.07 Å². The number of nitrogens with zero attached hydrogens (tertiary/aromatic N) is 2. The van der Waals surface area contributed by atoms with Crippen LogP contribution in [-0.2, 0) is 0 Å². The molecule has 33 heavy (non-hydrogen) atoms. The van der Waals surface area contributed by atoms with Crippen molar-refractivity contribution in [3.8, 4) is 33.6 Å². The van der Waals surface area contributed by atoms with Crippen molar-refractivity contribution in [2.45, 2.75) is 6.92 Å². The van der Waals surface area contributed by atoms with Crippen molar-refractivity contribution in [3.05, 3.63) is 90.5 Å². The Morgan fingerprint density at radius 1 is 0.818 bits per heavy atom. The standard InChI is InChI=1S/C27H20FN5/c1-15-7-17(9-19(28)8-15)21-3-2-4-24-22(21)12-26(31-24)27-23-11-16(5-6-25(23)32-33-27)18-10-20(29)14-30-13-18/h2-14,31H,29H2,1H3,(H,32,33). The fourth-order valence-corrected chi connectivity index (χ4v) is 4.44. The highest BCUT2D eigenvalue weighted by Gasteiger charge is 2.15. The third kappa shape index (κ3) is 3.32. The van der Waals surface area contributed by atoms with Crippen molar-refractivity contribution in [3.63, 3.8) is 0 Å². The predicted molar refractivity (Wildman–Crippen MR) is 131 cm³/mol. The second-order valence-electron chi connectivity index (χ2n) is 8.31. The van der Waals surface area contributed by atoms with Crippen LogP contribution in [-0.4, -0.2) is 20.2 Å². The topological polar surface area (TPSA) is 83.4 Å². The minimum atomic E-state index is -0.236. The molecule has 0 radical (unpaired) electrons. The van der Waals surface area contributed by atoms with Crippen molar-refractivity contribution >= 4 is 27.5 Å². The molecule has 0 aliphatic heterocycles. The molecule has 0 saturated carbocycles. The Morgan fingerprint density at radius 2 is 1.73 bits per heavy atom. The molecule has 0 saturated heterocycles. The van der Waals surface area contributed by atoms with E-state index in [-0.39, 0.29) is 5.82 Å². The summed E-state index contributed by atoms with van der Waals surface area (Å²) in [6.45, 7) is 1.90. The highest BCUT2D eigenvalue weighted by molar-refractivity contribution is 6.02. The second-order valence-corrected chi connectivity index (χ2v) is 8.31. The average Bonchev–Trinajstić information content (AvgIpc) is 3.41. The maximum atomic E-state index is 14.1. The Kier molecular flexibility index (Phi) is 4.26. The van der Waals surface area contributed by atoms with Gasteiger partial charge in [0.15, 0.2) is 0 Å². The van der Waals surface area contributed by atoms with Gasteiger partial charge in [0.05, 0.1) is 16.9 Å². The fraction of sp³-hybridized carbons (Fsp3) is 0.0370. The van der Waals surface area contributed by atoms with Gasteiger partial charge in [-0.15, -0.1) is 0 Å². The highest BCUT2D eigenvalue weighted by Crippen LogP contribution is 2.35. The van der Waals surface area contributed by atoms with E-state index in [0.29, 0.717) is 5.69 Å². The number of halogens is 1. The van der Waals surface area contributed by atoms with Crippen LogP contribution in [0.1, 0.15) is 5.56 Å². The lowest BCUT2D eigenvalue weighted by Gasteiger charge is -2.05. The number of aromatic nitrogens is 4. The van der Waals surface area contributed by atoms with E-state index in [1.807, 2.05) is 49.4 Å². The predicted octanol–water partition coefficient (Wildman–Crippen LogP) is 6.47. The van der Waals surface area contributed by atoms with Crippen LogP contribution in [0.15, 0.2) is 79.1 Å². The van der Waals surface area contributed by atoms with E-state index in [2.05, 4.69) is 32.3 Å². The molecular weight excluding hydrogens is 413 g/mol. The van der Waals surface area contributed by atoms with Gasteiger partial charge in [0, 0.05) is 34.2 Å². The number of aromatic amines is 2. The van der Waals surface area contributed by atoms with Crippen molar-refractivity contribution < 1.29 is 4.39 Å². The molecule has 160 valence electrons. The van der Waals surface area contributed by atoms with Crippen molar-refractivity contribution in [2.24, 2.45) is 0 Å². The Hall–Kier alpha value is -4.45. The quantitative estimate of drug-likeness (QED) is 0.299. The third-order valence-corrected chi connectivity index (χ3v) is 5.93. The lowest BCUT2D eigenvalue weighted by Crippen LogP contribution is -1.87. The molecule has 5 nitrogen and oxygen atoms in total. The van der Waals surface area contributed by atoms with Gasteiger partial charge in [0.25, 0.3) is 0 Å². The minimum Gasteiger partial charge on any atom is -0.397 e. The van der Waals surface area contributed by atoms with Crippen molar-refractivity contribution in [1.82, 2.24) is 20.2 Å². The Bertz CT molecular complexity index is 1640. The van der Waals surface area contributed by atoms with Crippen LogP contribution < -0.4 is 5.73 Å². The van der Waals surface area contributed by atoms with Gasteiger partial charge < -0.3 is 10.7 Å². The first-order valence-corrected chi connectivity index (χ1v) is 10.6. The first-order valence-electron chi connectivity index (χ1n) is 10.6. The molecule has 3 aromatic heterocycles. The maximum absolute atomic E-state index is 14.1. The van der Waals surface area contributed by atoms with Gasteiger partial charge in [-0.05, 0) is 71.6 Å². The number of hydrogen-bond donors (Lipinski definition) is 3. The van der Waals surface area contributed by atoms with E-state index >= 15 is 0 Å². The number of aryl methyl sites for hydroxylation is 1. The molecule has 0 bridgehead atoms. The summed E-state index contributed by atoms with van der Waals surface area (Å²) in [6, 6.07) is 21.2. The Labute approximate surface area is 189 Å². The molecule has 4 N–H and O–H groups in total. The van der Waals surface area contributed by atoms with Gasteiger partial charge in [-0.3, -0.25) is 10.1 Å². The first-order chi connectivity index (χ1) is 16.0. The minimum absolute atomic E-state index is 0.236. The Morgan fingerprint density at radius 3 is 2.58 bits per heavy atom. The molecule has 6 heteroatoms. The third-order valence-electron chi connectivity index (χ3n) is 5.93. The molecule has 0 aliphatic rings. The lowest BCUT2D eigenvalue weighted by atomic mass is 9.99. The zero-order chi connectivity index (χ0) is 22.5. The highest BCUT2D eigenvalue weighted by atomic mass is 19.1. The van der Waals surface area contributed by atoms with Gasteiger partial charge in [-0.2, -0.15) is 5.10 Å². The summed E-state index contributed by atoms with van der Waals surface area (Å²) < 4.78 is 14.1. The first kappa shape index (κ1) is 19.3. The molecule has 6 aromatic rings. The van der Waals surface area contributed by atoms with E-state index in [0.717, 1.165) is 61.0 Å². The van der Waals surface area contributed by atoms with Crippen LogP contribution in [0.5, 0.6) is 0 Å². The molecule has 0 unspecified atom stereocenters. The van der Waals surface area contributed by atoms with Crippen LogP contribution in [0.3, 0.4) is 0 Å². The van der Waals surface area contributed by atoms with Gasteiger partial charge >= 0.3 is 0 Å². The molecule has 3 heterocycles. The summed E-state index contributed by atoms with van der Waals surface area (Å²) >= 11 is 0. The number of fused-ring (bicyclic) bond motifs is 2. The summed E-state index contributed by atoms with van der Waals surface area (Å²) in [5, 5.41) is 9.72. The van der Waals surface area contributed by atoms with Crippen LogP contribution in [0.2, 0.25) is 0 Å². The van der Waals surface area contributed by atoms with Crippen molar-refractivity contribution in [2.75, 3.05) is 5.73 Å². The number of nitrogens with two attached hydrogens (primary N) is 1. The summed E-state index contributed by atoms with van der Waals surface area (Å²) in [4.78, 5) is 7.70. The van der Waals surface area contributed by atoms with E-state index in [4.69, 9.17) is 5.73 Å². The van der Waals surface area contributed by atoms with Gasteiger partial charge in [-0.25, -0.2) is 4.39 Å². The van der Waals surface area contributed by atoms with Gasteiger partial charge in [-0.1, -0.05) is 24.3 Å². The fourth-order valence-electron chi connectivity index (χ4n) is 4.44. The van der Waals surface area contributed by atoms with Crippen LogP contribution in [0, 0.1) is 12.7 Å². The summed E-state index contributed by atoms with van der Waals surface area (Å²) in [6.07, 6.45) is 3.43. The number of pyridine rings is 1. The number of nitrogen functional groups attached to an aromatic ring is 1. The largest absolute Gasteiger partial charge is 0.397 e. The second kappa shape index (κ2) is 7.31. The Balaban J connectivity index is 1.51. The summed E-state index contributed by atoms with van der Waals surface area (Å²) in [5.41, 5.74) is 14.8. The molecule has 0 spiro atoms. The zero-order valence-electron chi connectivity index (χ0n) is 17.9. The van der Waals surface area contributed by atoms with E-state index in [1.54, 1.807) is 18.5 Å². The number of nitrogens with one attached hydrogen (secondary N) is 2. The number of anilines is 1. The van der Waals surface area contributed by atoms with Crippen LogP contribution in [0.4, 0.5) is 10.1 Å². The lowest BCUT2D eigenvalue weighted by molar-refractivity contribution is 0.627. The van der Waals surface area contributed by atoms with E-state index in [9.17, 15) is 4.39 Å². The maximum Gasteiger partial charge on any atom is 0.124 e. The number of benzene rings is 3. The molecule has 0 aliphatic carbocycles. The molecule has 0 fully saturated rings. The van der Waals surface area contributed by atoms with Crippen LogP contribution in [0.25, 0.3) is 55.4 Å². The SMILES string of the molecule is Cc1cc(F)cc(-c2cccc3[nH]c(-c4n[nH]c5ccc(-c6cncc(N)c6)cc45)cc23)c1. The number of rotatable bonds is 3. The zero-order valence-corrected chi connectivity index (χ0v) is 17.9. The smallest absolute Gasteiger partial charge is 0.124 e. The molecule has 3 aromatic carbocycles. The molecule has 0 atom stereocenters. The normalized spacial score (nSPS) is 11.5. The van der Waals surface area contributed by atoms with Crippen LogP contribution >= 0.6 is 0 Å². The monoisotopic (exact) mass is 433 g/mol. The molecule has 6 rings (SSSR count). The van der Waals surface area contributed by atoms with Gasteiger partial charge in [0.1, 0.15) is 11.5 Å². The molecule has 0 amide bonds. The summed E-state index contributed by atoms with van der Waals surface area (Å²) in [7, 11) is 0. The average molecular weight is 433 g/mol.